The lowest BCUT2D eigenvalue weighted by Crippen LogP contribution is -2.48. The molecule has 0 amide bonds. The Morgan fingerprint density at radius 2 is 2.05 bits per heavy atom. The van der Waals surface area contributed by atoms with E-state index in [2.05, 4.69) is 25.2 Å². The van der Waals surface area contributed by atoms with Crippen LogP contribution in [-0.4, -0.2) is 19.8 Å². The van der Waals surface area contributed by atoms with Gasteiger partial charge in [-0.05, 0) is 44.2 Å². The standard InChI is InChI=1S/C18H27NO2/c1-12-7-8-18(10-13(12)2)11-16(19-3)15-6-5-14(20-4)9-17(15)21-18/h5-6,9,12-13,16,19H,7-8,10-11H2,1-4H3. The molecule has 116 valence electrons. The summed E-state index contributed by atoms with van der Waals surface area (Å²) in [6.07, 6.45) is 4.65. The van der Waals surface area contributed by atoms with Gasteiger partial charge in [0.05, 0.1) is 7.11 Å². The first-order valence-corrected chi connectivity index (χ1v) is 8.11. The van der Waals surface area contributed by atoms with E-state index in [4.69, 9.17) is 9.47 Å². The summed E-state index contributed by atoms with van der Waals surface area (Å²) in [5.74, 6) is 3.40. The van der Waals surface area contributed by atoms with E-state index < -0.39 is 0 Å². The molecule has 21 heavy (non-hydrogen) atoms. The van der Waals surface area contributed by atoms with E-state index in [1.807, 2.05) is 19.2 Å². The number of hydrogen-bond donors (Lipinski definition) is 1. The van der Waals surface area contributed by atoms with E-state index in [1.165, 1.54) is 12.0 Å². The van der Waals surface area contributed by atoms with Crippen molar-refractivity contribution in [3.8, 4) is 11.5 Å². The summed E-state index contributed by atoms with van der Waals surface area (Å²) in [5, 5.41) is 3.47. The zero-order valence-corrected chi connectivity index (χ0v) is 13.6. The maximum absolute atomic E-state index is 6.53. The van der Waals surface area contributed by atoms with Crippen molar-refractivity contribution in [1.82, 2.24) is 5.32 Å². The number of ether oxygens (including phenoxy) is 2. The first kappa shape index (κ1) is 14.7. The Morgan fingerprint density at radius 3 is 2.71 bits per heavy atom. The molecule has 1 aliphatic carbocycles. The van der Waals surface area contributed by atoms with Crippen LogP contribution in [0.3, 0.4) is 0 Å². The second kappa shape index (κ2) is 5.53. The van der Waals surface area contributed by atoms with E-state index in [-0.39, 0.29) is 5.60 Å². The molecule has 0 saturated heterocycles. The van der Waals surface area contributed by atoms with Gasteiger partial charge in [-0.3, -0.25) is 0 Å². The van der Waals surface area contributed by atoms with Crippen molar-refractivity contribution in [3.05, 3.63) is 23.8 Å². The minimum absolute atomic E-state index is 0.00102. The molecular formula is C18H27NO2. The van der Waals surface area contributed by atoms with Crippen LogP contribution in [-0.2, 0) is 0 Å². The van der Waals surface area contributed by atoms with E-state index in [9.17, 15) is 0 Å². The summed E-state index contributed by atoms with van der Waals surface area (Å²) in [4.78, 5) is 0. The molecule has 1 spiro atoms. The molecule has 1 heterocycles. The van der Waals surface area contributed by atoms with E-state index in [0.29, 0.717) is 6.04 Å². The fourth-order valence-electron chi connectivity index (χ4n) is 3.98. The van der Waals surface area contributed by atoms with Crippen LogP contribution in [0.1, 0.15) is 51.1 Å². The van der Waals surface area contributed by atoms with Crippen LogP contribution in [0.15, 0.2) is 18.2 Å². The smallest absolute Gasteiger partial charge is 0.128 e. The topological polar surface area (TPSA) is 30.5 Å². The van der Waals surface area contributed by atoms with Gasteiger partial charge in [0.2, 0.25) is 0 Å². The van der Waals surface area contributed by atoms with E-state index in [1.54, 1.807) is 7.11 Å². The van der Waals surface area contributed by atoms with Crippen molar-refractivity contribution in [1.29, 1.82) is 0 Å². The predicted molar refractivity (Wildman–Crippen MR) is 84.9 cm³/mol. The third-order valence-electron chi connectivity index (χ3n) is 5.57. The molecule has 1 N–H and O–H groups in total. The molecular weight excluding hydrogens is 262 g/mol. The lowest BCUT2D eigenvalue weighted by Gasteiger charge is -2.47. The van der Waals surface area contributed by atoms with Crippen LogP contribution in [0.2, 0.25) is 0 Å². The molecule has 3 nitrogen and oxygen atoms in total. The quantitative estimate of drug-likeness (QED) is 0.894. The summed E-state index contributed by atoms with van der Waals surface area (Å²) >= 11 is 0. The Kier molecular flexibility index (Phi) is 3.87. The van der Waals surface area contributed by atoms with Gasteiger partial charge in [-0.1, -0.05) is 19.9 Å². The first-order chi connectivity index (χ1) is 10.1. The second-order valence-corrected chi connectivity index (χ2v) is 6.93. The van der Waals surface area contributed by atoms with Crippen LogP contribution >= 0.6 is 0 Å². The van der Waals surface area contributed by atoms with Crippen LogP contribution < -0.4 is 14.8 Å². The average Bonchev–Trinajstić information content (AvgIpc) is 2.50. The molecule has 1 fully saturated rings. The average molecular weight is 289 g/mol. The predicted octanol–water partition coefficient (Wildman–Crippen LogP) is 3.93. The first-order valence-electron chi connectivity index (χ1n) is 8.11. The van der Waals surface area contributed by atoms with E-state index in [0.717, 1.165) is 42.6 Å². The highest BCUT2D eigenvalue weighted by Crippen LogP contribution is 2.49. The zero-order chi connectivity index (χ0) is 15.0. The summed E-state index contributed by atoms with van der Waals surface area (Å²) in [5.41, 5.74) is 1.26. The summed E-state index contributed by atoms with van der Waals surface area (Å²) in [7, 11) is 3.76. The van der Waals surface area contributed by atoms with Crippen molar-refractivity contribution in [3.63, 3.8) is 0 Å². The monoisotopic (exact) mass is 289 g/mol. The normalized spacial score (nSPS) is 35.1. The molecule has 1 saturated carbocycles. The Balaban J connectivity index is 1.93. The van der Waals surface area contributed by atoms with Crippen LogP contribution in [0.25, 0.3) is 0 Å². The van der Waals surface area contributed by atoms with Gasteiger partial charge in [0, 0.05) is 24.1 Å². The summed E-state index contributed by atoms with van der Waals surface area (Å²) in [6, 6.07) is 6.58. The number of benzene rings is 1. The molecule has 0 radical (unpaired) electrons. The lowest BCUT2D eigenvalue weighted by atomic mass is 9.69. The zero-order valence-electron chi connectivity index (χ0n) is 13.6. The molecule has 0 aromatic heterocycles. The molecule has 2 aliphatic rings. The molecule has 1 aliphatic heterocycles. The molecule has 1 aromatic rings. The Bertz CT molecular complexity index is 516. The number of rotatable bonds is 2. The molecule has 4 unspecified atom stereocenters. The Hall–Kier alpha value is -1.22. The fourth-order valence-corrected chi connectivity index (χ4v) is 3.98. The third kappa shape index (κ3) is 2.64. The van der Waals surface area contributed by atoms with Gasteiger partial charge in [-0.25, -0.2) is 0 Å². The summed E-state index contributed by atoms with van der Waals surface area (Å²) in [6.45, 7) is 4.73. The fraction of sp³-hybridized carbons (Fsp3) is 0.667. The minimum Gasteiger partial charge on any atom is -0.497 e. The van der Waals surface area contributed by atoms with Gasteiger partial charge in [-0.15, -0.1) is 0 Å². The third-order valence-corrected chi connectivity index (χ3v) is 5.57. The van der Waals surface area contributed by atoms with Crippen molar-refractivity contribution in [2.24, 2.45) is 11.8 Å². The second-order valence-electron chi connectivity index (χ2n) is 6.93. The van der Waals surface area contributed by atoms with Gasteiger partial charge >= 0.3 is 0 Å². The van der Waals surface area contributed by atoms with Gasteiger partial charge < -0.3 is 14.8 Å². The van der Waals surface area contributed by atoms with Crippen LogP contribution in [0.4, 0.5) is 0 Å². The van der Waals surface area contributed by atoms with Crippen LogP contribution in [0, 0.1) is 11.8 Å². The van der Waals surface area contributed by atoms with Crippen molar-refractivity contribution in [2.75, 3.05) is 14.2 Å². The highest BCUT2D eigenvalue weighted by atomic mass is 16.5. The maximum Gasteiger partial charge on any atom is 0.128 e. The highest BCUT2D eigenvalue weighted by Gasteiger charge is 2.44. The van der Waals surface area contributed by atoms with Crippen molar-refractivity contribution >= 4 is 0 Å². The van der Waals surface area contributed by atoms with Crippen LogP contribution in [0.5, 0.6) is 11.5 Å². The maximum atomic E-state index is 6.53. The Labute approximate surface area is 128 Å². The van der Waals surface area contributed by atoms with Crippen molar-refractivity contribution in [2.45, 2.75) is 51.2 Å². The largest absolute Gasteiger partial charge is 0.497 e. The number of hydrogen-bond acceptors (Lipinski definition) is 3. The molecule has 3 rings (SSSR count). The molecule has 1 aromatic carbocycles. The van der Waals surface area contributed by atoms with Gasteiger partial charge in [0.25, 0.3) is 0 Å². The summed E-state index contributed by atoms with van der Waals surface area (Å²) < 4.78 is 11.9. The Morgan fingerprint density at radius 1 is 1.24 bits per heavy atom. The van der Waals surface area contributed by atoms with Crippen molar-refractivity contribution < 1.29 is 9.47 Å². The SMILES string of the molecule is CNC1CC2(CCC(C)C(C)C2)Oc2cc(OC)ccc21. The van der Waals surface area contributed by atoms with E-state index >= 15 is 0 Å². The number of methoxy groups -OCH3 is 1. The number of nitrogens with one attached hydrogen (secondary N) is 1. The van der Waals surface area contributed by atoms with Gasteiger partial charge in [0.15, 0.2) is 0 Å². The molecule has 4 atom stereocenters. The van der Waals surface area contributed by atoms with Gasteiger partial charge in [-0.2, -0.15) is 0 Å². The number of fused-ring (bicyclic) bond motifs is 1. The molecule has 0 bridgehead atoms. The lowest BCUT2D eigenvalue weighted by molar-refractivity contribution is -0.0317. The minimum atomic E-state index is -0.00102. The molecule has 3 heteroatoms. The van der Waals surface area contributed by atoms with Gasteiger partial charge in [0.1, 0.15) is 17.1 Å². The highest BCUT2D eigenvalue weighted by molar-refractivity contribution is 5.44.